The van der Waals surface area contributed by atoms with Crippen molar-refractivity contribution in [2.45, 2.75) is 5.71 Å². The molecule has 0 saturated heterocycles. The first-order valence-corrected chi connectivity index (χ1v) is 16.9. The van der Waals surface area contributed by atoms with Crippen molar-refractivity contribution in [3.8, 4) is 0 Å². The zero-order chi connectivity index (χ0) is 14.9. The van der Waals surface area contributed by atoms with Crippen LogP contribution in [-0.2, 0) is 0 Å². The molecule has 0 unspecified atom stereocenters. The Morgan fingerprint density at radius 3 is 1.32 bits per heavy atom. The molecule has 0 spiro atoms. The number of benzene rings is 3. The van der Waals surface area contributed by atoms with Crippen LogP contribution in [0.1, 0.15) is 0 Å². The summed E-state index contributed by atoms with van der Waals surface area (Å²) in [5.74, 6) is 0. The normalized spacial score (nSPS) is 20.8. The Labute approximate surface area is 138 Å². The maximum absolute atomic E-state index is 2.60. The Morgan fingerprint density at radius 1 is 0.545 bits per heavy atom. The Balaban J connectivity index is 1.87. The van der Waals surface area contributed by atoms with E-state index in [4.69, 9.17) is 0 Å². The van der Waals surface area contributed by atoms with Crippen LogP contribution in [0.3, 0.4) is 0 Å². The average molecular weight is 382 g/mol. The SMILES string of the molecule is C[As]1[P@](c2ccccc2)c2ccccc2[P@@]1c1ccccc1. The molecule has 0 aromatic heterocycles. The fourth-order valence-corrected chi connectivity index (χ4v) is 30.7. The number of fused-ring (bicyclic) bond motifs is 1. The maximum atomic E-state index is 2.60. The van der Waals surface area contributed by atoms with E-state index in [0.717, 1.165) is 0 Å². The molecule has 0 amide bonds. The predicted molar refractivity (Wildman–Crippen MR) is 103 cm³/mol. The summed E-state index contributed by atoms with van der Waals surface area (Å²) in [5, 5.41) is 6.46. The van der Waals surface area contributed by atoms with Crippen LogP contribution in [-0.4, -0.2) is 13.7 Å². The van der Waals surface area contributed by atoms with Gasteiger partial charge in [-0.15, -0.1) is 0 Å². The molecule has 0 fully saturated rings. The molecule has 3 aromatic carbocycles. The second-order valence-electron chi connectivity index (χ2n) is 5.27. The van der Waals surface area contributed by atoms with Crippen molar-refractivity contribution in [2.24, 2.45) is 0 Å². The van der Waals surface area contributed by atoms with Gasteiger partial charge in [0.15, 0.2) is 0 Å². The summed E-state index contributed by atoms with van der Waals surface area (Å²) >= 11 is -0.970. The zero-order valence-electron chi connectivity index (χ0n) is 12.4. The molecule has 108 valence electrons. The standard InChI is InChI=1S/C19H17AsP2/c1-20-21(16-10-4-2-5-11-16)18-14-8-9-15-19(18)22(20)17-12-6-3-7-13-17/h2-15H,1H3/t21-,22-/m1/s1. The monoisotopic (exact) mass is 382 g/mol. The fraction of sp³-hybridized carbons (Fsp3) is 0.0526. The number of hydrogen-bond donors (Lipinski definition) is 0. The molecular formula is C19H17AsP2. The van der Waals surface area contributed by atoms with Crippen LogP contribution in [0.2, 0.25) is 5.71 Å². The van der Waals surface area contributed by atoms with Gasteiger partial charge in [-0.05, 0) is 0 Å². The third kappa shape index (κ3) is 2.49. The van der Waals surface area contributed by atoms with Gasteiger partial charge in [0.1, 0.15) is 0 Å². The van der Waals surface area contributed by atoms with Gasteiger partial charge in [-0.2, -0.15) is 0 Å². The average Bonchev–Trinajstić information content (AvgIpc) is 2.88. The van der Waals surface area contributed by atoms with Crippen LogP contribution in [0, 0.1) is 0 Å². The summed E-state index contributed by atoms with van der Waals surface area (Å²) < 4.78 is 0. The minimum absolute atomic E-state index is 0.106. The topological polar surface area (TPSA) is 0 Å². The van der Waals surface area contributed by atoms with Crippen molar-refractivity contribution >= 4 is 47.9 Å². The summed E-state index contributed by atoms with van der Waals surface area (Å²) in [6.45, 7) is -0.211. The molecule has 22 heavy (non-hydrogen) atoms. The molecule has 0 bridgehead atoms. The van der Waals surface area contributed by atoms with Gasteiger partial charge < -0.3 is 0 Å². The number of hydrogen-bond acceptors (Lipinski definition) is 0. The molecule has 0 radical (unpaired) electrons. The first kappa shape index (κ1) is 14.7. The number of rotatable bonds is 2. The summed E-state index contributed by atoms with van der Waals surface area (Å²) in [5.41, 5.74) is 2.60. The Morgan fingerprint density at radius 2 is 0.909 bits per heavy atom. The van der Waals surface area contributed by atoms with E-state index in [1.165, 1.54) is 0 Å². The molecule has 3 aromatic rings. The van der Waals surface area contributed by atoms with E-state index in [9.17, 15) is 0 Å². The molecule has 1 heterocycles. The zero-order valence-corrected chi connectivity index (χ0v) is 16.1. The van der Waals surface area contributed by atoms with E-state index in [1.807, 2.05) is 0 Å². The molecule has 3 heteroatoms. The van der Waals surface area contributed by atoms with Gasteiger partial charge in [-0.3, -0.25) is 0 Å². The molecule has 4 rings (SSSR count). The van der Waals surface area contributed by atoms with Gasteiger partial charge in [0.25, 0.3) is 0 Å². The molecule has 0 nitrogen and oxygen atoms in total. The molecule has 0 aliphatic carbocycles. The van der Waals surface area contributed by atoms with E-state index in [1.54, 1.807) is 21.2 Å². The molecule has 1 aliphatic rings. The van der Waals surface area contributed by atoms with Crippen LogP contribution in [0.15, 0.2) is 84.9 Å². The van der Waals surface area contributed by atoms with Crippen LogP contribution in [0.25, 0.3) is 0 Å². The summed E-state index contributed by atoms with van der Waals surface area (Å²) in [6.07, 6.45) is 0. The van der Waals surface area contributed by atoms with E-state index in [-0.39, 0.29) is 13.0 Å². The van der Waals surface area contributed by atoms with Gasteiger partial charge in [-0.1, -0.05) is 0 Å². The third-order valence-corrected chi connectivity index (χ3v) is 27.0. The van der Waals surface area contributed by atoms with Gasteiger partial charge in [0, 0.05) is 0 Å². The molecule has 1 aliphatic heterocycles. The second kappa shape index (κ2) is 6.29. The van der Waals surface area contributed by atoms with Crippen LogP contribution in [0.4, 0.5) is 0 Å². The van der Waals surface area contributed by atoms with Gasteiger partial charge >= 0.3 is 139 Å². The summed E-state index contributed by atoms with van der Waals surface area (Å²) in [6, 6.07) is 31.7. The van der Waals surface area contributed by atoms with Crippen molar-refractivity contribution in [1.29, 1.82) is 0 Å². The van der Waals surface area contributed by atoms with Crippen molar-refractivity contribution < 1.29 is 0 Å². The van der Waals surface area contributed by atoms with Crippen LogP contribution < -0.4 is 21.2 Å². The fourth-order valence-electron chi connectivity index (χ4n) is 2.97. The van der Waals surface area contributed by atoms with Crippen molar-refractivity contribution in [3.05, 3.63) is 84.9 Å². The van der Waals surface area contributed by atoms with E-state index >= 15 is 0 Å². The predicted octanol–water partition coefficient (Wildman–Crippen LogP) is 3.68. The summed E-state index contributed by atoms with van der Waals surface area (Å²) in [7, 11) is 0. The molecule has 0 N–H and O–H groups in total. The molecule has 0 saturated carbocycles. The first-order chi connectivity index (χ1) is 10.9. The third-order valence-electron chi connectivity index (χ3n) is 3.92. The van der Waals surface area contributed by atoms with Gasteiger partial charge in [0.05, 0.1) is 0 Å². The molecular weight excluding hydrogens is 365 g/mol. The summed E-state index contributed by atoms with van der Waals surface area (Å²) in [4.78, 5) is 0. The Hall–Kier alpha value is -0.922. The Kier molecular flexibility index (Phi) is 4.19. The Bertz CT molecular complexity index is 707. The van der Waals surface area contributed by atoms with Crippen LogP contribution >= 0.6 is 13.0 Å². The minimum atomic E-state index is -0.970. The van der Waals surface area contributed by atoms with E-state index < -0.39 is 13.7 Å². The van der Waals surface area contributed by atoms with Crippen LogP contribution in [0.5, 0.6) is 0 Å². The van der Waals surface area contributed by atoms with Crippen molar-refractivity contribution in [3.63, 3.8) is 0 Å². The van der Waals surface area contributed by atoms with Crippen molar-refractivity contribution in [2.75, 3.05) is 0 Å². The van der Waals surface area contributed by atoms with Gasteiger partial charge in [-0.25, -0.2) is 0 Å². The van der Waals surface area contributed by atoms with E-state index in [2.05, 4.69) is 90.6 Å². The van der Waals surface area contributed by atoms with Crippen molar-refractivity contribution in [1.82, 2.24) is 0 Å². The van der Waals surface area contributed by atoms with E-state index in [0.29, 0.717) is 0 Å². The second-order valence-corrected chi connectivity index (χ2v) is 23.5. The first-order valence-electron chi connectivity index (χ1n) is 7.39. The molecule has 2 atom stereocenters. The quantitative estimate of drug-likeness (QED) is 0.469. The van der Waals surface area contributed by atoms with Gasteiger partial charge in [0.2, 0.25) is 0 Å².